The van der Waals surface area contributed by atoms with E-state index in [2.05, 4.69) is 29.8 Å². The molecule has 3 aromatic rings. The van der Waals surface area contributed by atoms with Gasteiger partial charge < -0.3 is 9.15 Å². The lowest BCUT2D eigenvalue weighted by Gasteiger charge is -2.31. The van der Waals surface area contributed by atoms with Gasteiger partial charge in [0.1, 0.15) is 17.1 Å². The van der Waals surface area contributed by atoms with Crippen molar-refractivity contribution in [1.82, 2.24) is 0 Å². The Bertz CT molecular complexity index is 966. The van der Waals surface area contributed by atoms with Crippen LogP contribution in [0.3, 0.4) is 0 Å². The van der Waals surface area contributed by atoms with Crippen molar-refractivity contribution < 1.29 is 13.9 Å². The molecule has 2 aromatic carbocycles. The number of fused-ring (bicyclic) bond motifs is 4. The summed E-state index contributed by atoms with van der Waals surface area (Å²) in [4.78, 5) is 13.2. The maximum absolute atomic E-state index is 13.2. The Morgan fingerprint density at radius 3 is 2.65 bits per heavy atom. The van der Waals surface area contributed by atoms with Crippen LogP contribution in [0.4, 0.5) is 0 Å². The van der Waals surface area contributed by atoms with Crippen molar-refractivity contribution >= 4 is 32.7 Å². The topological polar surface area (TPSA) is 39.4 Å². The summed E-state index contributed by atoms with van der Waals surface area (Å²) in [6.45, 7) is 4.15. The lowest BCUT2D eigenvalue weighted by Crippen LogP contribution is -2.29. The first kappa shape index (κ1) is 14.5. The zero-order valence-electron chi connectivity index (χ0n) is 13.1. The smallest absolute Gasteiger partial charge is 0.201 e. The summed E-state index contributed by atoms with van der Waals surface area (Å²) < 4.78 is 12.5. The maximum atomic E-state index is 13.2. The van der Waals surface area contributed by atoms with Crippen molar-refractivity contribution in [2.75, 3.05) is 7.11 Å². The average molecular weight is 371 g/mol. The third kappa shape index (κ3) is 1.84. The second-order valence-electron chi connectivity index (χ2n) is 6.28. The van der Waals surface area contributed by atoms with Crippen molar-refractivity contribution in [1.29, 1.82) is 0 Å². The molecule has 0 unspecified atom stereocenters. The van der Waals surface area contributed by atoms with E-state index in [4.69, 9.17) is 9.15 Å². The molecule has 4 rings (SSSR count). The predicted octanol–water partition coefficient (Wildman–Crippen LogP) is 5.07. The lowest BCUT2D eigenvalue weighted by atomic mass is 9.71. The summed E-state index contributed by atoms with van der Waals surface area (Å²) in [7, 11) is 1.59. The van der Waals surface area contributed by atoms with Gasteiger partial charge in [0, 0.05) is 15.3 Å². The molecule has 1 aliphatic rings. The molecule has 0 saturated heterocycles. The molecule has 1 aromatic heterocycles. The Kier molecular flexibility index (Phi) is 2.97. The number of carbonyl (C=O) groups excluding carboxylic acids is 1. The minimum absolute atomic E-state index is 0.0344. The van der Waals surface area contributed by atoms with E-state index in [0.717, 1.165) is 26.8 Å². The summed E-state index contributed by atoms with van der Waals surface area (Å²) in [5.41, 5.74) is 2.54. The number of ether oxygens (including phenoxy) is 1. The van der Waals surface area contributed by atoms with Crippen molar-refractivity contribution in [3.63, 3.8) is 0 Å². The fourth-order valence-electron chi connectivity index (χ4n) is 3.44. The number of hydrogen-bond donors (Lipinski definition) is 0. The Balaban J connectivity index is 2.12. The molecule has 0 saturated carbocycles. The van der Waals surface area contributed by atoms with Gasteiger partial charge in [-0.3, -0.25) is 4.79 Å². The molecule has 1 aliphatic carbocycles. The summed E-state index contributed by atoms with van der Waals surface area (Å²) in [6, 6.07) is 11.5. The average Bonchev–Trinajstić information content (AvgIpc) is 2.92. The van der Waals surface area contributed by atoms with Crippen LogP contribution in [0, 0.1) is 0 Å². The summed E-state index contributed by atoms with van der Waals surface area (Å²) in [6.07, 6.45) is 0. The van der Waals surface area contributed by atoms with Gasteiger partial charge in [-0.2, -0.15) is 0 Å². The molecule has 0 amide bonds. The molecule has 0 spiro atoms. The highest BCUT2D eigenvalue weighted by atomic mass is 79.9. The van der Waals surface area contributed by atoms with E-state index in [0.29, 0.717) is 16.9 Å². The van der Waals surface area contributed by atoms with E-state index < -0.39 is 5.41 Å². The second kappa shape index (κ2) is 4.71. The SMILES string of the molecule is COc1cccc2c1C(=O)c1c(oc3cc(Br)ccc13)C2(C)C. The Morgan fingerprint density at radius 1 is 1.13 bits per heavy atom. The number of carbonyl (C=O) groups is 1. The van der Waals surface area contributed by atoms with Crippen LogP contribution < -0.4 is 4.74 Å². The predicted molar refractivity (Wildman–Crippen MR) is 92.5 cm³/mol. The molecule has 116 valence electrons. The van der Waals surface area contributed by atoms with Crippen LogP contribution in [0.25, 0.3) is 11.0 Å². The van der Waals surface area contributed by atoms with Crippen molar-refractivity contribution in [3.05, 3.63) is 63.3 Å². The van der Waals surface area contributed by atoms with Gasteiger partial charge in [-0.05, 0) is 43.7 Å². The first-order valence-corrected chi connectivity index (χ1v) is 8.19. The van der Waals surface area contributed by atoms with Crippen LogP contribution in [0.1, 0.15) is 41.1 Å². The highest BCUT2D eigenvalue weighted by molar-refractivity contribution is 9.10. The number of methoxy groups -OCH3 is 1. The molecule has 0 bridgehead atoms. The molecule has 0 fully saturated rings. The Hall–Kier alpha value is -2.07. The van der Waals surface area contributed by atoms with E-state index in [1.165, 1.54) is 0 Å². The van der Waals surface area contributed by atoms with Gasteiger partial charge in [-0.25, -0.2) is 0 Å². The molecule has 4 heteroatoms. The number of rotatable bonds is 1. The van der Waals surface area contributed by atoms with E-state index in [9.17, 15) is 4.79 Å². The molecular formula is C19H15BrO3. The van der Waals surface area contributed by atoms with Crippen LogP contribution in [0.5, 0.6) is 5.75 Å². The van der Waals surface area contributed by atoms with Crippen LogP contribution in [-0.2, 0) is 5.41 Å². The summed E-state index contributed by atoms with van der Waals surface area (Å²) in [5, 5.41) is 0.845. The quantitative estimate of drug-likeness (QED) is 0.599. The van der Waals surface area contributed by atoms with Crippen LogP contribution in [0.2, 0.25) is 0 Å². The normalized spacial score (nSPS) is 15.4. The van der Waals surface area contributed by atoms with Gasteiger partial charge in [-0.15, -0.1) is 0 Å². The molecule has 0 aliphatic heterocycles. The molecule has 0 radical (unpaired) electrons. The van der Waals surface area contributed by atoms with Crippen molar-refractivity contribution in [3.8, 4) is 5.75 Å². The number of furan rings is 1. The second-order valence-corrected chi connectivity index (χ2v) is 7.20. The fourth-order valence-corrected chi connectivity index (χ4v) is 3.78. The molecule has 1 heterocycles. The fraction of sp³-hybridized carbons (Fsp3) is 0.211. The first-order valence-electron chi connectivity index (χ1n) is 7.40. The van der Waals surface area contributed by atoms with E-state index in [1.807, 2.05) is 36.4 Å². The minimum atomic E-state index is -0.404. The maximum Gasteiger partial charge on any atom is 0.201 e. The van der Waals surface area contributed by atoms with Gasteiger partial charge in [0.05, 0.1) is 18.2 Å². The lowest BCUT2D eigenvalue weighted by molar-refractivity contribution is 0.102. The van der Waals surface area contributed by atoms with Gasteiger partial charge in [0.25, 0.3) is 0 Å². The first-order chi connectivity index (χ1) is 10.9. The molecule has 23 heavy (non-hydrogen) atoms. The highest BCUT2D eigenvalue weighted by Crippen LogP contribution is 2.47. The molecule has 0 N–H and O–H groups in total. The Labute approximate surface area is 142 Å². The van der Waals surface area contributed by atoms with Crippen molar-refractivity contribution in [2.24, 2.45) is 0 Å². The third-order valence-electron chi connectivity index (χ3n) is 4.59. The van der Waals surface area contributed by atoms with E-state index in [-0.39, 0.29) is 5.78 Å². The minimum Gasteiger partial charge on any atom is -0.496 e. The summed E-state index contributed by atoms with van der Waals surface area (Å²) in [5.74, 6) is 1.29. The highest BCUT2D eigenvalue weighted by Gasteiger charge is 2.42. The van der Waals surface area contributed by atoms with Crippen LogP contribution >= 0.6 is 15.9 Å². The number of hydrogen-bond acceptors (Lipinski definition) is 3. The zero-order valence-corrected chi connectivity index (χ0v) is 14.7. The standard InChI is InChI=1S/C19H15BrO3/c1-19(2)12-5-4-6-13(22-3)16(12)17(21)15-11-8-7-10(20)9-14(11)23-18(15)19/h4-9H,1-3H3. The molecule has 0 atom stereocenters. The van der Waals surface area contributed by atoms with E-state index >= 15 is 0 Å². The van der Waals surface area contributed by atoms with Gasteiger partial charge in [0.2, 0.25) is 5.78 Å². The van der Waals surface area contributed by atoms with Gasteiger partial charge >= 0.3 is 0 Å². The van der Waals surface area contributed by atoms with Gasteiger partial charge in [0.15, 0.2) is 0 Å². The molecule has 3 nitrogen and oxygen atoms in total. The third-order valence-corrected chi connectivity index (χ3v) is 5.09. The summed E-state index contributed by atoms with van der Waals surface area (Å²) >= 11 is 3.46. The molecular weight excluding hydrogens is 356 g/mol. The van der Waals surface area contributed by atoms with Gasteiger partial charge in [-0.1, -0.05) is 28.1 Å². The zero-order chi connectivity index (χ0) is 16.4. The number of ketones is 1. The monoisotopic (exact) mass is 370 g/mol. The van der Waals surface area contributed by atoms with Crippen molar-refractivity contribution in [2.45, 2.75) is 19.3 Å². The van der Waals surface area contributed by atoms with Crippen LogP contribution in [0.15, 0.2) is 45.3 Å². The largest absolute Gasteiger partial charge is 0.496 e. The number of benzene rings is 2. The van der Waals surface area contributed by atoms with E-state index in [1.54, 1.807) is 7.11 Å². The number of halogens is 1. The Morgan fingerprint density at radius 2 is 1.91 bits per heavy atom. The van der Waals surface area contributed by atoms with Crippen LogP contribution in [-0.4, -0.2) is 12.9 Å².